The minimum absolute atomic E-state index is 0.527. The first-order valence-corrected chi connectivity index (χ1v) is 6.45. The van der Waals surface area contributed by atoms with Crippen LogP contribution in [-0.2, 0) is 0 Å². The van der Waals surface area contributed by atoms with E-state index in [0.29, 0.717) is 11.8 Å². The third-order valence-electron chi connectivity index (χ3n) is 3.29. The van der Waals surface area contributed by atoms with Crippen LogP contribution in [0.1, 0.15) is 56.2 Å². The SMILES string of the molecule is Cc1ccc2c(C(C)C)[c]c(C(C)C)cc2c1. The normalized spacial score (nSPS) is 11.7. The third-order valence-corrected chi connectivity index (χ3v) is 3.29. The van der Waals surface area contributed by atoms with Crippen LogP contribution in [0.25, 0.3) is 10.8 Å². The zero-order valence-corrected chi connectivity index (χ0v) is 11.5. The van der Waals surface area contributed by atoms with Gasteiger partial charge in [-0.05, 0) is 46.7 Å². The molecule has 2 aromatic carbocycles. The summed E-state index contributed by atoms with van der Waals surface area (Å²) in [6.45, 7) is 11.1. The van der Waals surface area contributed by atoms with Crippen LogP contribution >= 0.6 is 0 Å². The van der Waals surface area contributed by atoms with Gasteiger partial charge in [0, 0.05) is 0 Å². The molecule has 1 radical (unpaired) electrons. The predicted octanol–water partition coefficient (Wildman–Crippen LogP) is 5.20. The van der Waals surface area contributed by atoms with E-state index in [9.17, 15) is 0 Å². The molecular weight excluding hydrogens is 204 g/mol. The van der Waals surface area contributed by atoms with Crippen molar-refractivity contribution in [1.82, 2.24) is 0 Å². The average molecular weight is 225 g/mol. The maximum absolute atomic E-state index is 3.61. The van der Waals surface area contributed by atoms with Crippen LogP contribution in [0, 0.1) is 13.0 Å². The number of fused-ring (bicyclic) bond motifs is 1. The zero-order valence-electron chi connectivity index (χ0n) is 11.5. The van der Waals surface area contributed by atoms with Crippen molar-refractivity contribution in [2.45, 2.75) is 46.5 Å². The number of rotatable bonds is 2. The van der Waals surface area contributed by atoms with Crippen LogP contribution in [0.3, 0.4) is 0 Å². The third kappa shape index (κ3) is 2.36. The highest BCUT2D eigenvalue weighted by molar-refractivity contribution is 5.87. The molecule has 0 aliphatic heterocycles. The highest BCUT2D eigenvalue weighted by Gasteiger charge is 2.10. The van der Waals surface area contributed by atoms with Crippen molar-refractivity contribution in [3.63, 3.8) is 0 Å². The lowest BCUT2D eigenvalue weighted by Gasteiger charge is -2.15. The Bertz CT molecular complexity index is 533. The van der Waals surface area contributed by atoms with Gasteiger partial charge in [0.05, 0.1) is 0 Å². The van der Waals surface area contributed by atoms with Gasteiger partial charge in [-0.2, -0.15) is 0 Å². The molecule has 0 fully saturated rings. The maximum atomic E-state index is 3.61. The van der Waals surface area contributed by atoms with Crippen molar-refractivity contribution >= 4 is 10.8 Å². The Balaban J connectivity index is 2.76. The second-order valence-electron chi connectivity index (χ2n) is 5.54. The van der Waals surface area contributed by atoms with Crippen LogP contribution in [0.5, 0.6) is 0 Å². The molecular formula is C17H21. The molecule has 0 saturated heterocycles. The number of benzene rings is 2. The lowest BCUT2D eigenvalue weighted by atomic mass is 9.90. The second-order valence-corrected chi connectivity index (χ2v) is 5.54. The molecule has 0 aromatic heterocycles. The minimum atomic E-state index is 0.527. The first-order chi connectivity index (χ1) is 7.99. The Hall–Kier alpha value is -1.30. The summed E-state index contributed by atoms with van der Waals surface area (Å²) in [5, 5.41) is 2.71. The van der Waals surface area contributed by atoms with Gasteiger partial charge in [-0.3, -0.25) is 0 Å². The van der Waals surface area contributed by atoms with Gasteiger partial charge in [-0.25, -0.2) is 0 Å². The highest BCUT2D eigenvalue weighted by atomic mass is 14.1. The Morgan fingerprint density at radius 3 is 2.24 bits per heavy atom. The van der Waals surface area contributed by atoms with Crippen molar-refractivity contribution in [2.75, 3.05) is 0 Å². The largest absolute Gasteiger partial charge is 0.0587 e. The molecule has 0 saturated carbocycles. The molecule has 0 aliphatic carbocycles. The smallest absolute Gasteiger partial charge is 0.0102 e. The van der Waals surface area contributed by atoms with Gasteiger partial charge in [0.1, 0.15) is 0 Å². The molecule has 0 nitrogen and oxygen atoms in total. The summed E-state index contributed by atoms with van der Waals surface area (Å²) in [6, 6.07) is 12.6. The topological polar surface area (TPSA) is 0 Å². The van der Waals surface area contributed by atoms with E-state index < -0.39 is 0 Å². The summed E-state index contributed by atoms with van der Waals surface area (Å²) in [4.78, 5) is 0. The fourth-order valence-electron chi connectivity index (χ4n) is 2.24. The first kappa shape index (κ1) is 12.2. The molecule has 0 unspecified atom stereocenters. The van der Waals surface area contributed by atoms with Gasteiger partial charge >= 0.3 is 0 Å². The fourth-order valence-corrected chi connectivity index (χ4v) is 2.24. The molecule has 89 valence electrons. The average Bonchev–Trinajstić information content (AvgIpc) is 2.26. The summed E-state index contributed by atoms with van der Waals surface area (Å²) in [7, 11) is 0. The van der Waals surface area contributed by atoms with E-state index >= 15 is 0 Å². The van der Waals surface area contributed by atoms with Crippen LogP contribution in [-0.4, -0.2) is 0 Å². The minimum Gasteiger partial charge on any atom is -0.0587 e. The van der Waals surface area contributed by atoms with Crippen LogP contribution in [0.15, 0.2) is 24.3 Å². The molecule has 0 aliphatic rings. The van der Waals surface area contributed by atoms with Crippen molar-refractivity contribution in [3.05, 3.63) is 47.0 Å². The van der Waals surface area contributed by atoms with E-state index in [1.54, 1.807) is 0 Å². The molecule has 0 N–H and O–H groups in total. The molecule has 0 spiro atoms. The molecule has 0 atom stereocenters. The Labute approximate surface area is 105 Å². The lowest BCUT2D eigenvalue weighted by molar-refractivity contribution is 0.838. The van der Waals surface area contributed by atoms with Gasteiger partial charge in [0.25, 0.3) is 0 Å². The monoisotopic (exact) mass is 225 g/mol. The maximum Gasteiger partial charge on any atom is -0.0102 e. The molecule has 17 heavy (non-hydrogen) atoms. The van der Waals surface area contributed by atoms with E-state index in [4.69, 9.17) is 0 Å². The lowest BCUT2D eigenvalue weighted by Crippen LogP contribution is -1.96. The molecule has 2 rings (SSSR count). The zero-order chi connectivity index (χ0) is 12.6. The summed E-state index contributed by atoms with van der Waals surface area (Å²) >= 11 is 0. The highest BCUT2D eigenvalue weighted by Crippen LogP contribution is 2.30. The fraction of sp³-hybridized carbons (Fsp3) is 0.412. The van der Waals surface area contributed by atoms with Crippen molar-refractivity contribution < 1.29 is 0 Å². The van der Waals surface area contributed by atoms with E-state index in [2.05, 4.69) is 65.0 Å². The van der Waals surface area contributed by atoms with Gasteiger partial charge in [-0.1, -0.05) is 57.5 Å². The van der Waals surface area contributed by atoms with Crippen molar-refractivity contribution in [1.29, 1.82) is 0 Å². The number of aryl methyl sites for hydroxylation is 1. The summed E-state index contributed by atoms with van der Waals surface area (Å²) in [6.07, 6.45) is 0. The van der Waals surface area contributed by atoms with Gasteiger partial charge in [0.15, 0.2) is 0 Å². The Morgan fingerprint density at radius 1 is 0.941 bits per heavy atom. The predicted molar refractivity (Wildman–Crippen MR) is 75.7 cm³/mol. The van der Waals surface area contributed by atoms with E-state index in [0.717, 1.165) is 0 Å². The van der Waals surface area contributed by atoms with Gasteiger partial charge in [-0.15, -0.1) is 0 Å². The summed E-state index contributed by atoms with van der Waals surface area (Å²) in [5.41, 5.74) is 4.01. The second kappa shape index (κ2) is 4.52. The van der Waals surface area contributed by atoms with Crippen molar-refractivity contribution in [2.24, 2.45) is 0 Å². The van der Waals surface area contributed by atoms with Crippen molar-refractivity contribution in [3.8, 4) is 0 Å². The Morgan fingerprint density at radius 2 is 1.65 bits per heavy atom. The van der Waals surface area contributed by atoms with Gasteiger partial charge < -0.3 is 0 Å². The van der Waals surface area contributed by atoms with Crippen LogP contribution in [0.4, 0.5) is 0 Å². The summed E-state index contributed by atoms with van der Waals surface area (Å²) < 4.78 is 0. The molecule has 0 heterocycles. The number of hydrogen-bond acceptors (Lipinski definition) is 0. The first-order valence-electron chi connectivity index (χ1n) is 6.45. The standard InChI is InChI=1S/C17H21/c1-11(2)14-9-15-8-13(5)6-7-16(15)17(10-14)12(3)4/h6-9,11-12H,1-5H3. The van der Waals surface area contributed by atoms with E-state index in [1.807, 2.05) is 0 Å². The number of hydrogen-bond donors (Lipinski definition) is 0. The van der Waals surface area contributed by atoms with Gasteiger partial charge in [0.2, 0.25) is 0 Å². The van der Waals surface area contributed by atoms with Crippen LogP contribution in [0.2, 0.25) is 0 Å². The summed E-state index contributed by atoms with van der Waals surface area (Å²) in [5.74, 6) is 1.07. The molecule has 2 aromatic rings. The Kier molecular flexibility index (Phi) is 3.24. The quantitative estimate of drug-likeness (QED) is 0.659. The van der Waals surface area contributed by atoms with Crippen LogP contribution < -0.4 is 0 Å². The molecule has 0 amide bonds. The van der Waals surface area contributed by atoms with E-state index in [-0.39, 0.29) is 0 Å². The molecule has 0 bridgehead atoms. The van der Waals surface area contributed by atoms with E-state index in [1.165, 1.54) is 27.5 Å². The molecule has 0 heteroatoms.